The summed E-state index contributed by atoms with van der Waals surface area (Å²) in [6.45, 7) is 4.25. The standard InChI is InChI=1S/C29H31NO6/c1-4-35-28(33)29(18-22-10-5-6-11-23(22)26(29)31)30-27(32)21-12-13-24(34-3)25(17-21)36-15-14-20-9-7-8-19(2)16-20/h5-13,16-17,26,31H,4,14-15,18H2,1-3H3,(H,30,32). The minimum absolute atomic E-state index is 0.126. The number of esters is 1. The SMILES string of the molecule is CCOC(=O)C1(NC(=O)c2ccc(OC)c(OCCc3cccc(C)c3)c2)Cc2ccccc2C1O. The van der Waals surface area contributed by atoms with E-state index in [9.17, 15) is 14.7 Å². The molecule has 0 bridgehead atoms. The van der Waals surface area contributed by atoms with Crippen molar-refractivity contribution in [3.8, 4) is 11.5 Å². The summed E-state index contributed by atoms with van der Waals surface area (Å²) < 4.78 is 16.7. The molecule has 1 amide bonds. The van der Waals surface area contributed by atoms with E-state index in [0.717, 1.165) is 11.1 Å². The quantitative estimate of drug-likeness (QED) is 0.442. The van der Waals surface area contributed by atoms with Crippen LogP contribution in [-0.4, -0.2) is 42.8 Å². The van der Waals surface area contributed by atoms with E-state index in [1.54, 1.807) is 37.3 Å². The molecule has 2 atom stereocenters. The number of carbonyl (C=O) groups excluding carboxylic acids is 2. The van der Waals surface area contributed by atoms with Crippen molar-refractivity contribution in [1.82, 2.24) is 5.32 Å². The number of aryl methyl sites for hydroxylation is 1. The van der Waals surface area contributed by atoms with E-state index in [2.05, 4.69) is 11.4 Å². The van der Waals surface area contributed by atoms with Gasteiger partial charge in [-0.2, -0.15) is 0 Å². The Kier molecular flexibility index (Phi) is 7.60. The number of benzene rings is 3. The van der Waals surface area contributed by atoms with Gasteiger partial charge in [0.25, 0.3) is 5.91 Å². The first-order valence-electron chi connectivity index (χ1n) is 12.0. The second kappa shape index (κ2) is 10.8. The van der Waals surface area contributed by atoms with E-state index in [1.807, 2.05) is 37.3 Å². The molecule has 0 saturated carbocycles. The molecule has 0 aliphatic heterocycles. The molecule has 0 aromatic heterocycles. The largest absolute Gasteiger partial charge is 0.493 e. The normalized spacial score (nSPS) is 18.3. The van der Waals surface area contributed by atoms with Crippen molar-refractivity contribution in [2.24, 2.45) is 0 Å². The number of carbonyl (C=O) groups is 2. The Morgan fingerprint density at radius 1 is 1.06 bits per heavy atom. The predicted molar refractivity (Wildman–Crippen MR) is 135 cm³/mol. The summed E-state index contributed by atoms with van der Waals surface area (Å²) >= 11 is 0. The van der Waals surface area contributed by atoms with Gasteiger partial charge in [-0.1, -0.05) is 54.1 Å². The first kappa shape index (κ1) is 25.3. The summed E-state index contributed by atoms with van der Waals surface area (Å²) in [6, 6.07) is 20.2. The Morgan fingerprint density at radius 2 is 1.86 bits per heavy atom. The van der Waals surface area contributed by atoms with E-state index in [1.165, 1.54) is 12.7 Å². The molecule has 0 radical (unpaired) electrons. The van der Waals surface area contributed by atoms with Crippen LogP contribution in [0.2, 0.25) is 0 Å². The van der Waals surface area contributed by atoms with Crippen LogP contribution in [0, 0.1) is 6.92 Å². The highest BCUT2D eigenvalue weighted by atomic mass is 16.5. The van der Waals surface area contributed by atoms with Crippen LogP contribution in [0.25, 0.3) is 0 Å². The van der Waals surface area contributed by atoms with Crippen LogP contribution in [0.3, 0.4) is 0 Å². The van der Waals surface area contributed by atoms with Crippen LogP contribution in [0.5, 0.6) is 11.5 Å². The number of fused-ring (bicyclic) bond motifs is 1. The van der Waals surface area contributed by atoms with Crippen molar-refractivity contribution in [2.45, 2.75) is 38.3 Å². The molecular formula is C29H31NO6. The van der Waals surface area contributed by atoms with Gasteiger partial charge in [0.15, 0.2) is 17.0 Å². The molecule has 1 aliphatic rings. The molecule has 7 heteroatoms. The molecule has 3 aromatic carbocycles. The maximum atomic E-state index is 13.4. The Labute approximate surface area is 211 Å². The summed E-state index contributed by atoms with van der Waals surface area (Å²) in [5.41, 5.74) is 2.36. The molecule has 1 aliphatic carbocycles. The van der Waals surface area contributed by atoms with Crippen molar-refractivity contribution in [3.63, 3.8) is 0 Å². The highest BCUT2D eigenvalue weighted by Crippen LogP contribution is 2.40. The fourth-order valence-electron chi connectivity index (χ4n) is 4.58. The van der Waals surface area contributed by atoms with Crippen LogP contribution in [0.1, 0.15) is 45.6 Å². The predicted octanol–water partition coefficient (Wildman–Crippen LogP) is 3.95. The fourth-order valence-corrected chi connectivity index (χ4v) is 4.58. The molecule has 2 unspecified atom stereocenters. The van der Waals surface area contributed by atoms with E-state index >= 15 is 0 Å². The molecular weight excluding hydrogens is 458 g/mol. The van der Waals surface area contributed by atoms with E-state index in [0.29, 0.717) is 30.1 Å². The van der Waals surface area contributed by atoms with Gasteiger partial charge in [-0.25, -0.2) is 4.79 Å². The Bertz CT molecular complexity index is 1260. The molecule has 4 rings (SSSR count). The number of aliphatic hydroxyl groups is 1. The molecule has 0 fully saturated rings. The number of rotatable bonds is 9. The van der Waals surface area contributed by atoms with Gasteiger partial charge in [0, 0.05) is 18.4 Å². The first-order chi connectivity index (χ1) is 17.4. The lowest BCUT2D eigenvalue weighted by Gasteiger charge is -2.31. The number of aliphatic hydroxyl groups excluding tert-OH is 1. The third-order valence-electron chi connectivity index (χ3n) is 6.42. The Balaban J connectivity index is 1.55. The summed E-state index contributed by atoms with van der Waals surface area (Å²) in [6.07, 6.45) is -0.414. The lowest BCUT2D eigenvalue weighted by molar-refractivity contribution is -0.155. The van der Waals surface area contributed by atoms with Gasteiger partial charge in [-0.15, -0.1) is 0 Å². The zero-order chi connectivity index (χ0) is 25.7. The number of amides is 1. The average molecular weight is 490 g/mol. The van der Waals surface area contributed by atoms with Gasteiger partial charge in [-0.05, 0) is 48.7 Å². The maximum absolute atomic E-state index is 13.4. The zero-order valence-corrected chi connectivity index (χ0v) is 20.7. The number of ether oxygens (including phenoxy) is 3. The van der Waals surface area contributed by atoms with Crippen LogP contribution in [0.4, 0.5) is 0 Å². The molecule has 7 nitrogen and oxygen atoms in total. The van der Waals surface area contributed by atoms with Crippen molar-refractivity contribution in [3.05, 3.63) is 94.5 Å². The van der Waals surface area contributed by atoms with Crippen molar-refractivity contribution < 1.29 is 28.9 Å². The summed E-state index contributed by atoms with van der Waals surface area (Å²) in [4.78, 5) is 26.4. The van der Waals surface area contributed by atoms with Crippen molar-refractivity contribution in [1.29, 1.82) is 0 Å². The van der Waals surface area contributed by atoms with Crippen molar-refractivity contribution in [2.75, 3.05) is 20.3 Å². The Morgan fingerprint density at radius 3 is 2.58 bits per heavy atom. The minimum atomic E-state index is -1.62. The van der Waals surface area contributed by atoms with Gasteiger partial charge >= 0.3 is 5.97 Å². The van der Waals surface area contributed by atoms with Gasteiger partial charge in [0.05, 0.1) is 20.3 Å². The summed E-state index contributed by atoms with van der Waals surface area (Å²) in [5.74, 6) is -0.297. The molecule has 0 heterocycles. The summed E-state index contributed by atoms with van der Waals surface area (Å²) in [5, 5.41) is 13.9. The van der Waals surface area contributed by atoms with Crippen molar-refractivity contribution >= 4 is 11.9 Å². The highest BCUT2D eigenvalue weighted by Gasteiger charge is 2.53. The van der Waals surface area contributed by atoms with Gasteiger partial charge in [0.2, 0.25) is 0 Å². The molecule has 2 N–H and O–H groups in total. The number of methoxy groups -OCH3 is 1. The van der Waals surface area contributed by atoms with Gasteiger partial charge in [0.1, 0.15) is 6.10 Å². The summed E-state index contributed by atoms with van der Waals surface area (Å²) in [7, 11) is 1.53. The second-order valence-electron chi connectivity index (χ2n) is 8.88. The Hall–Kier alpha value is -3.84. The number of nitrogens with one attached hydrogen (secondary N) is 1. The van der Waals surface area contributed by atoms with Crippen LogP contribution in [0.15, 0.2) is 66.7 Å². The van der Waals surface area contributed by atoms with Gasteiger partial charge in [-0.3, -0.25) is 4.79 Å². The second-order valence-corrected chi connectivity index (χ2v) is 8.88. The van der Waals surface area contributed by atoms with Gasteiger partial charge < -0.3 is 24.6 Å². The first-order valence-corrected chi connectivity index (χ1v) is 12.0. The molecule has 0 saturated heterocycles. The van der Waals surface area contributed by atoms with E-state index in [-0.39, 0.29) is 18.6 Å². The van der Waals surface area contributed by atoms with E-state index < -0.39 is 23.5 Å². The van der Waals surface area contributed by atoms with Crippen LogP contribution in [-0.2, 0) is 22.4 Å². The minimum Gasteiger partial charge on any atom is -0.493 e. The third kappa shape index (κ3) is 5.06. The maximum Gasteiger partial charge on any atom is 0.335 e. The topological polar surface area (TPSA) is 94.1 Å². The number of hydrogen-bond donors (Lipinski definition) is 2. The molecule has 36 heavy (non-hydrogen) atoms. The lowest BCUT2D eigenvalue weighted by Crippen LogP contribution is -2.58. The molecule has 188 valence electrons. The monoisotopic (exact) mass is 489 g/mol. The smallest absolute Gasteiger partial charge is 0.335 e. The van der Waals surface area contributed by atoms with E-state index in [4.69, 9.17) is 14.2 Å². The molecule has 3 aromatic rings. The average Bonchev–Trinajstić information content (AvgIpc) is 3.16. The third-order valence-corrected chi connectivity index (χ3v) is 6.42. The highest BCUT2D eigenvalue weighted by molar-refractivity contribution is 5.99. The number of hydrogen-bond acceptors (Lipinski definition) is 6. The lowest BCUT2D eigenvalue weighted by atomic mass is 9.92. The zero-order valence-electron chi connectivity index (χ0n) is 20.7. The van der Waals surface area contributed by atoms with Crippen LogP contribution >= 0.6 is 0 Å². The molecule has 0 spiro atoms. The van der Waals surface area contributed by atoms with Crippen LogP contribution < -0.4 is 14.8 Å². The fraction of sp³-hybridized carbons (Fsp3) is 0.310.